The van der Waals surface area contributed by atoms with Gasteiger partial charge < -0.3 is 9.47 Å². The normalized spacial score (nSPS) is 15.9. The lowest BCUT2D eigenvalue weighted by atomic mass is 10.0. The van der Waals surface area contributed by atoms with E-state index in [0.29, 0.717) is 6.61 Å². The number of aryl methyl sites for hydroxylation is 2. The molecule has 2 aromatic rings. The Labute approximate surface area is 151 Å². The molecule has 24 heavy (non-hydrogen) atoms. The van der Waals surface area contributed by atoms with Crippen LogP contribution in [0.1, 0.15) is 41.7 Å². The van der Waals surface area contributed by atoms with Crippen molar-refractivity contribution in [2.45, 2.75) is 39.2 Å². The number of carbonyl (C=O) groups excluding carboxylic acids is 1. The molecule has 0 saturated carbocycles. The van der Waals surface area contributed by atoms with E-state index in [-0.39, 0.29) is 18.5 Å². The minimum Gasteiger partial charge on any atom is -0.485 e. The monoisotopic (exact) mass is 388 g/mol. The van der Waals surface area contributed by atoms with Crippen LogP contribution in [0.4, 0.5) is 0 Å². The van der Waals surface area contributed by atoms with E-state index in [9.17, 15) is 4.79 Å². The summed E-state index contributed by atoms with van der Waals surface area (Å²) in [4.78, 5) is 11.9. The minimum absolute atomic E-state index is 0.0280. The highest BCUT2D eigenvalue weighted by Crippen LogP contribution is 2.38. The zero-order valence-corrected chi connectivity index (χ0v) is 15.6. The van der Waals surface area contributed by atoms with E-state index in [0.717, 1.165) is 34.2 Å². The molecular formula is C20H21BrO3. The third-order valence-electron chi connectivity index (χ3n) is 4.39. The Morgan fingerprint density at radius 1 is 1.29 bits per heavy atom. The Morgan fingerprint density at radius 3 is 2.92 bits per heavy atom. The van der Waals surface area contributed by atoms with Gasteiger partial charge in [0.05, 0.1) is 13.0 Å². The average Bonchev–Trinajstić information content (AvgIpc) is 2.93. The summed E-state index contributed by atoms with van der Waals surface area (Å²) in [5.74, 6) is 0.562. The number of fused-ring (bicyclic) bond motifs is 1. The quantitative estimate of drug-likeness (QED) is 0.681. The number of rotatable bonds is 5. The first-order valence-electron chi connectivity index (χ1n) is 8.27. The van der Waals surface area contributed by atoms with Crippen LogP contribution < -0.4 is 4.74 Å². The van der Waals surface area contributed by atoms with Gasteiger partial charge in [-0.2, -0.15) is 0 Å². The molecular weight excluding hydrogens is 368 g/mol. The van der Waals surface area contributed by atoms with Crippen molar-refractivity contribution < 1.29 is 14.3 Å². The summed E-state index contributed by atoms with van der Waals surface area (Å²) in [6.45, 7) is 4.21. The zero-order chi connectivity index (χ0) is 17.1. The van der Waals surface area contributed by atoms with Crippen LogP contribution in [0.3, 0.4) is 0 Å². The van der Waals surface area contributed by atoms with E-state index in [2.05, 4.69) is 34.1 Å². The van der Waals surface area contributed by atoms with Crippen molar-refractivity contribution in [3.05, 3.63) is 63.1 Å². The third-order valence-corrected chi connectivity index (χ3v) is 4.89. The van der Waals surface area contributed by atoms with Crippen LogP contribution in [0, 0.1) is 6.92 Å². The summed E-state index contributed by atoms with van der Waals surface area (Å²) in [7, 11) is 0. The molecule has 0 radical (unpaired) electrons. The number of hydrogen-bond donors (Lipinski definition) is 0. The number of carbonyl (C=O) groups is 1. The summed E-state index contributed by atoms with van der Waals surface area (Å²) in [6, 6.07) is 12.3. The maximum Gasteiger partial charge on any atom is 0.310 e. The Hall–Kier alpha value is -1.81. The van der Waals surface area contributed by atoms with Crippen LogP contribution in [0.5, 0.6) is 5.75 Å². The average molecular weight is 389 g/mol. The van der Waals surface area contributed by atoms with Crippen LogP contribution in [0.25, 0.3) is 0 Å². The predicted molar refractivity (Wildman–Crippen MR) is 97.3 cm³/mol. The fourth-order valence-electron chi connectivity index (χ4n) is 3.18. The fourth-order valence-corrected chi connectivity index (χ4v) is 3.56. The second-order valence-corrected chi connectivity index (χ2v) is 6.94. The van der Waals surface area contributed by atoms with Crippen molar-refractivity contribution in [1.82, 2.24) is 0 Å². The molecule has 3 nitrogen and oxygen atoms in total. The van der Waals surface area contributed by atoms with Gasteiger partial charge >= 0.3 is 5.97 Å². The van der Waals surface area contributed by atoms with Crippen LogP contribution in [0.2, 0.25) is 0 Å². The van der Waals surface area contributed by atoms with Crippen LogP contribution in [-0.2, 0) is 22.4 Å². The topological polar surface area (TPSA) is 35.5 Å². The summed E-state index contributed by atoms with van der Waals surface area (Å²) in [5, 5.41) is 0. The van der Waals surface area contributed by atoms with Gasteiger partial charge in [0.25, 0.3) is 0 Å². The van der Waals surface area contributed by atoms with Gasteiger partial charge in [-0.3, -0.25) is 4.79 Å². The molecule has 0 saturated heterocycles. The van der Waals surface area contributed by atoms with Gasteiger partial charge in [0.2, 0.25) is 0 Å². The molecule has 126 valence electrons. The standard InChI is InChI=1S/C20H21BrO3/c1-3-23-20(22)12-16-13(2)5-4-6-18(16)24-19-10-8-14-7-9-15(21)11-17(14)19/h4-7,9,11,19H,3,8,10,12H2,1-2H3. The lowest BCUT2D eigenvalue weighted by Crippen LogP contribution is -2.12. The number of benzene rings is 2. The molecule has 3 rings (SSSR count). The van der Waals surface area contributed by atoms with Crippen molar-refractivity contribution in [3.63, 3.8) is 0 Å². The first-order chi connectivity index (χ1) is 11.6. The molecule has 1 aliphatic rings. The van der Waals surface area contributed by atoms with E-state index in [1.54, 1.807) is 0 Å². The van der Waals surface area contributed by atoms with Crippen LogP contribution in [0.15, 0.2) is 40.9 Å². The number of hydrogen-bond acceptors (Lipinski definition) is 3. The Balaban J connectivity index is 1.85. The van der Waals surface area contributed by atoms with Crippen molar-refractivity contribution in [3.8, 4) is 5.75 Å². The Morgan fingerprint density at radius 2 is 2.12 bits per heavy atom. The molecule has 2 aromatic carbocycles. The molecule has 1 atom stereocenters. The third kappa shape index (κ3) is 3.64. The largest absolute Gasteiger partial charge is 0.485 e. The SMILES string of the molecule is CCOC(=O)Cc1c(C)cccc1OC1CCc2ccc(Br)cc21. The first-order valence-corrected chi connectivity index (χ1v) is 9.07. The number of ether oxygens (including phenoxy) is 2. The van der Waals surface area contributed by atoms with E-state index >= 15 is 0 Å². The van der Waals surface area contributed by atoms with Crippen molar-refractivity contribution in [2.75, 3.05) is 6.61 Å². The minimum atomic E-state index is -0.216. The van der Waals surface area contributed by atoms with Gasteiger partial charge in [0.15, 0.2) is 0 Å². The van der Waals surface area contributed by atoms with Gasteiger partial charge in [-0.1, -0.05) is 34.1 Å². The summed E-state index contributed by atoms with van der Waals surface area (Å²) < 4.78 is 12.5. The predicted octanol–water partition coefficient (Wildman–Crippen LogP) is 4.93. The van der Waals surface area contributed by atoms with E-state index in [1.165, 1.54) is 11.1 Å². The molecule has 1 unspecified atom stereocenters. The highest BCUT2D eigenvalue weighted by atomic mass is 79.9. The second kappa shape index (κ2) is 7.39. The molecule has 0 bridgehead atoms. The molecule has 4 heteroatoms. The molecule has 1 aliphatic carbocycles. The number of halogens is 1. The van der Waals surface area contributed by atoms with Crippen molar-refractivity contribution >= 4 is 21.9 Å². The lowest BCUT2D eigenvalue weighted by Gasteiger charge is -2.19. The molecule has 0 spiro atoms. The maximum atomic E-state index is 11.9. The van der Waals surface area contributed by atoms with Crippen molar-refractivity contribution in [2.24, 2.45) is 0 Å². The van der Waals surface area contributed by atoms with Crippen LogP contribution >= 0.6 is 15.9 Å². The molecule has 0 heterocycles. The van der Waals surface area contributed by atoms with Crippen molar-refractivity contribution in [1.29, 1.82) is 0 Å². The molecule has 0 fully saturated rings. The van der Waals surface area contributed by atoms with Gasteiger partial charge in [-0.15, -0.1) is 0 Å². The van der Waals surface area contributed by atoms with Gasteiger partial charge in [0, 0.05) is 10.0 Å². The lowest BCUT2D eigenvalue weighted by molar-refractivity contribution is -0.142. The van der Waals surface area contributed by atoms with E-state index in [4.69, 9.17) is 9.47 Å². The Bertz CT molecular complexity index is 755. The van der Waals surface area contributed by atoms with Gasteiger partial charge in [-0.05, 0) is 61.6 Å². The van der Waals surface area contributed by atoms with E-state index < -0.39 is 0 Å². The highest BCUT2D eigenvalue weighted by molar-refractivity contribution is 9.10. The maximum absolute atomic E-state index is 11.9. The summed E-state index contributed by atoms with van der Waals surface area (Å²) in [5.41, 5.74) is 4.53. The summed E-state index contributed by atoms with van der Waals surface area (Å²) >= 11 is 3.54. The van der Waals surface area contributed by atoms with Gasteiger partial charge in [-0.25, -0.2) is 0 Å². The molecule has 0 N–H and O–H groups in total. The fraction of sp³-hybridized carbons (Fsp3) is 0.350. The smallest absolute Gasteiger partial charge is 0.310 e. The van der Waals surface area contributed by atoms with Gasteiger partial charge in [0.1, 0.15) is 11.9 Å². The number of esters is 1. The van der Waals surface area contributed by atoms with E-state index in [1.807, 2.05) is 32.0 Å². The van der Waals surface area contributed by atoms with Crippen LogP contribution in [-0.4, -0.2) is 12.6 Å². The molecule has 0 aromatic heterocycles. The highest BCUT2D eigenvalue weighted by Gasteiger charge is 2.25. The Kier molecular flexibility index (Phi) is 5.24. The molecule has 0 amide bonds. The zero-order valence-electron chi connectivity index (χ0n) is 14.0. The molecule has 0 aliphatic heterocycles. The summed E-state index contributed by atoms with van der Waals surface area (Å²) in [6.07, 6.45) is 2.25. The first kappa shape index (κ1) is 17.0. The second-order valence-electron chi connectivity index (χ2n) is 6.02.